The highest BCUT2D eigenvalue weighted by Crippen LogP contribution is 2.30. The topological polar surface area (TPSA) is 25.8 Å². The second-order valence-electron chi connectivity index (χ2n) is 2.36. The molecule has 0 saturated heterocycles. The van der Waals surface area contributed by atoms with Gasteiger partial charge in [-0.2, -0.15) is 13.2 Å². The molecule has 2 nitrogen and oxygen atoms in total. The van der Waals surface area contributed by atoms with Crippen LogP contribution in [-0.4, -0.2) is 26.7 Å². The van der Waals surface area contributed by atoms with Crippen LogP contribution in [0.3, 0.4) is 0 Å². The van der Waals surface area contributed by atoms with E-state index >= 15 is 0 Å². The van der Waals surface area contributed by atoms with Crippen molar-refractivity contribution < 1.29 is 13.2 Å². The van der Waals surface area contributed by atoms with Crippen LogP contribution in [0.25, 0.3) is 0 Å². The first-order valence-corrected chi connectivity index (χ1v) is 5.50. The van der Waals surface area contributed by atoms with E-state index in [1.54, 1.807) is 0 Å². The quantitative estimate of drug-likeness (QED) is 0.631. The highest BCUT2D eigenvalue weighted by Gasteiger charge is 2.37. The van der Waals surface area contributed by atoms with Gasteiger partial charge in [0.2, 0.25) is 0 Å². The minimum atomic E-state index is -4.21. The molecule has 78 valence electrons. The Kier molecular flexibility index (Phi) is 4.18. The average Bonchev–Trinajstić information content (AvgIpc) is 2.14. The zero-order valence-corrected chi connectivity index (χ0v) is 9.23. The molecule has 0 aliphatic carbocycles. The zero-order chi connectivity index (χ0) is 10.6. The molecular weight excluding hydrogens is 281 g/mol. The van der Waals surface area contributed by atoms with Gasteiger partial charge in [-0.25, -0.2) is 4.98 Å². The van der Waals surface area contributed by atoms with Gasteiger partial charge >= 0.3 is 6.18 Å². The minimum absolute atomic E-state index is 0.109. The number of aromatic nitrogens is 2. The molecule has 0 fully saturated rings. The molecule has 1 aromatic heterocycles. The SMILES string of the molecule is FC(F)(F)C(Br)CSc1cnccn1. The van der Waals surface area contributed by atoms with E-state index < -0.39 is 11.0 Å². The van der Waals surface area contributed by atoms with Crippen molar-refractivity contribution in [2.24, 2.45) is 0 Å². The summed E-state index contributed by atoms with van der Waals surface area (Å²) in [5, 5.41) is 0.487. The molecule has 1 atom stereocenters. The summed E-state index contributed by atoms with van der Waals surface area (Å²) in [6, 6.07) is 0. The summed E-state index contributed by atoms with van der Waals surface area (Å²) in [5.74, 6) is -0.109. The molecule has 1 aromatic rings. The summed E-state index contributed by atoms with van der Waals surface area (Å²) in [6.45, 7) is 0. The highest BCUT2D eigenvalue weighted by atomic mass is 79.9. The van der Waals surface area contributed by atoms with E-state index in [-0.39, 0.29) is 5.75 Å². The first-order valence-electron chi connectivity index (χ1n) is 3.60. The van der Waals surface area contributed by atoms with Crippen LogP contribution >= 0.6 is 27.7 Å². The van der Waals surface area contributed by atoms with E-state index in [1.165, 1.54) is 18.6 Å². The maximum absolute atomic E-state index is 12.1. The summed E-state index contributed by atoms with van der Waals surface area (Å²) in [5.41, 5.74) is 0. The lowest BCUT2D eigenvalue weighted by Gasteiger charge is -2.12. The molecular formula is C7H6BrF3N2S. The third-order valence-corrected chi connectivity index (χ3v) is 3.55. The molecule has 0 aliphatic rings. The molecule has 1 unspecified atom stereocenters. The Bertz CT molecular complexity index is 280. The Balaban J connectivity index is 2.42. The number of nitrogens with zero attached hydrogens (tertiary/aromatic N) is 2. The van der Waals surface area contributed by atoms with Gasteiger partial charge in [-0.1, -0.05) is 15.9 Å². The second kappa shape index (κ2) is 4.97. The Labute approximate surface area is 91.5 Å². The van der Waals surface area contributed by atoms with Gasteiger partial charge in [0.1, 0.15) is 9.85 Å². The summed E-state index contributed by atoms with van der Waals surface area (Å²) in [4.78, 5) is 6.08. The molecule has 7 heteroatoms. The predicted octanol–water partition coefficient (Wildman–Crippen LogP) is 2.89. The van der Waals surface area contributed by atoms with Crippen LogP contribution in [0.5, 0.6) is 0 Å². The van der Waals surface area contributed by atoms with Crippen molar-refractivity contribution in [1.82, 2.24) is 9.97 Å². The lowest BCUT2D eigenvalue weighted by Crippen LogP contribution is -2.24. The van der Waals surface area contributed by atoms with Crippen LogP contribution in [0.1, 0.15) is 0 Å². The van der Waals surface area contributed by atoms with Crippen molar-refractivity contribution in [1.29, 1.82) is 0 Å². The normalized spacial score (nSPS) is 14.0. The van der Waals surface area contributed by atoms with Crippen molar-refractivity contribution in [2.45, 2.75) is 16.0 Å². The standard InChI is InChI=1S/C7H6BrF3N2S/c8-5(7(9,10)11)4-14-6-3-12-1-2-13-6/h1-3,5H,4H2. The van der Waals surface area contributed by atoms with Crippen molar-refractivity contribution >= 4 is 27.7 Å². The maximum atomic E-state index is 12.1. The molecule has 0 aromatic carbocycles. The number of thioether (sulfide) groups is 1. The highest BCUT2D eigenvalue weighted by molar-refractivity contribution is 9.09. The van der Waals surface area contributed by atoms with Crippen LogP contribution in [0.4, 0.5) is 13.2 Å². The van der Waals surface area contributed by atoms with Crippen LogP contribution in [0, 0.1) is 0 Å². The van der Waals surface area contributed by atoms with E-state index in [4.69, 9.17) is 0 Å². The van der Waals surface area contributed by atoms with E-state index in [0.29, 0.717) is 5.03 Å². The van der Waals surface area contributed by atoms with Crippen molar-refractivity contribution in [2.75, 3.05) is 5.75 Å². The number of hydrogen-bond donors (Lipinski definition) is 0. The van der Waals surface area contributed by atoms with E-state index in [1.807, 2.05) is 0 Å². The molecule has 0 bridgehead atoms. The number of rotatable bonds is 3. The lowest BCUT2D eigenvalue weighted by atomic mass is 10.5. The molecule has 0 saturated carbocycles. The van der Waals surface area contributed by atoms with Crippen LogP contribution in [0.15, 0.2) is 23.6 Å². The van der Waals surface area contributed by atoms with Gasteiger partial charge in [-0.15, -0.1) is 11.8 Å². The molecule has 0 amide bonds. The zero-order valence-electron chi connectivity index (χ0n) is 6.83. The molecule has 0 spiro atoms. The Morgan fingerprint density at radius 2 is 2.14 bits per heavy atom. The van der Waals surface area contributed by atoms with Gasteiger partial charge in [0.15, 0.2) is 0 Å². The van der Waals surface area contributed by atoms with Crippen LogP contribution in [0.2, 0.25) is 0 Å². The average molecular weight is 287 g/mol. The van der Waals surface area contributed by atoms with Gasteiger partial charge in [0, 0.05) is 18.1 Å². The summed E-state index contributed by atoms with van der Waals surface area (Å²) in [6.07, 6.45) is 0.133. The smallest absolute Gasteiger partial charge is 0.260 e. The summed E-state index contributed by atoms with van der Waals surface area (Å²) < 4.78 is 36.2. The molecule has 1 rings (SSSR count). The molecule has 0 aliphatic heterocycles. The molecule has 0 N–H and O–H groups in total. The van der Waals surface area contributed by atoms with Gasteiger partial charge in [0.05, 0.1) is 6.20 Å². The van der Waals surface area contributed by atoms with E-state index in [2.05, 4.69) is 25.9 Å². The van der Waals surface area contributed by atoms with Crippen molar-refractivity contribution in [3.63, 3.8) is 0 Å². The predicted molar refractivity (Wildman–Crippen MR) is 51.5 cm³/mol. The van der Waals surface area contributed by atoms with E-state index in [9.17, 15) is 13.2 Å². The first kappa shape index (κ1) is 11.8. The number of halogens is 4. The third kappa shape index (κ3) is 3.83. The summed E-state index contributed by atoms with van der Waals surface area (Å²) in [7, 11) is 0. The van der Waals surface area contributed by atoms with Crippen molar-refractivity contribution in [3.05, 3.63) is 18.6 Å². The fourth-order valence-corrected chi connectivity index (χ4v) is 1.79. The monoisotopic (exact) mass is 286 g/mol. The molecule has 14 heavy (non-hydrogen) atoms. The fraction of sp³-hybridized carbons (Fsp3) is 0.429. The van der Waals surface area contributed by atoms with Crippen LogP contribution in [-0.2, 0) is 0 Å². The van der Waals surface area contributed by atoms with Gasteiger partial charge in [0.25, 0.3) is 0 Å². The van der Waals surface area contributed by atoms with Crippen molar-refractivity contribution in [3.8, 4) is 0 Å². The fourth-order valence-electron chi connectivity index (χ4n) is 0.613. The second-order valence-corrected chi connectivity index (χ2v) is 4.51. The van der Waals surface area contributed by atoms with Gasteiger partial charge < -0.3 is 0 Å². The Morgan fingerprint density at radius 1 is 1.43 bits per heavy atom. The summed E-state index contributed by atoms with van der Waals surface area (Å²) >= 11 is 3.58. The number of hydrogen-bond acceptors (Lipinski definition) is 3. The maximum Gasteiger partial charge on any atom is 0.402 e. The number of alkyl halides is 4. The largest absolute Gasteiger partial charge is 0.402 e. The van der Waals surface area contributed by atoms with Gasteiger partial charge in [-0.3, -0.25) is 4.98 Å². The molecule has 1 heterocycles. The Morgan fingerprint density at radius 3 is 2.64 bits per heavy atom. The Hall–Kier alpha value is -0.300. The lowest BCUT2D eigenvalue weighted by molar-refractivity contribution is -0.122. The third-order valence-electron chi connectivity index (χ3n) is 1.27. The molecule has 0 radical (unpaired) electrons. The van der Waals surface area contributed by atoms with E-state index in [0.717, 1.165) is 11.8 Å². The van der Waals surface area contributed by atoms with Crippen LogP contribution < -0.4 is 0 Å². The van der Waals surface area contributed by atoms with Gasteiger partial charge in [-0.05, 0) is 0 Å². The minimum Gasteiger partial charge on any atom is -0.260 e. The first-order chi connectivity index (χ1) is 6.50.